The number of morpholine rings is 1. The number of carbonyl (C=O) groups is 1. The van der Waals surface area contributed by atoms with Crippen LogP contribution >= 0.6 is 24.2 Å². The molecule has 3 rings (SSSR count). The summed E-state index contributed by atoms with van der Waals surface area (Å²) in [5.74, 6) is 0.601. The van der Waals surface area contributed by atoms with Gasteiger partial charge < -0.3 is 14.9 Å². The van der Waals surface area contributed by atoms with Crippen LogP contribution in [0.3, 0.4) is 0 Å². The molecule has 2 N–H and O–H groups in total. The number of hydrazone groups is 1. The van der Waals surface area contributed by atoms with Gasteiger partial charge in [0, 0.05) is 26.6 Å². The lowest BCUT2D eigenvalue weighted by molar-refractivity contribution is -0.131. The second-order valence-corrected chi connectivity index (χ2v) is 7.10. The number of amides is 1. The summed E-state index contributed by atoms with van der Waals surface area (Å²) in [4.78, 5) is 13.8. The number of rotatable bonds is 5. The number of thioether (sulfide) groups is 1. The normalized spacial score (nSPS) is 24.4. The van der Waals surface area contributed by atoms with Crippen LogP contribution in [-0.2, 0) is 9.53 Å². The molecule has 1 atom stereocenters. The molecule has 1 aromatic heterocycles. The van der Waals surface area contributed by atoms with Crippen molar-refractivity contribution in [3.63, 3.8) is 0 Å². The molecule has 7 nitrogen and oxygen atoms in total. The third-order valence-corrected chi connectivity index (χ3v) is 5.24. The van der Waals surface area contributed by atoms with E-state index in [1.54, 1.807) is 6.26 Å². The van der Waals surface area contributed by atoms with Gasteiger partial charge in [0.05, 0.1) is 19.5 Å². The standard InChI is InChI=1S/C16H22N4O3S.ClH/c1-13(21)20-16(24-15(17)18-20,5-4-14-3-2-10-23-14)6-7-19-8-11-22-12-9-19;/h2-5,10H,6-9,11-12H2,1H3,(H2,17,18);1H. The van der Waals surface area contributed by atoms with Crippen molar-refractivity contribution in [1.82, 2.24) is 9.91 Å². The molecule has 0 spiro atoms. The molecule has 0 aromatic carbocycles. The summed E-state index contributed by atoms with van der Waals surface area (Å²) in [5, 5.41) is 6.10. The van der Waals surface area contributed by atoms with Gasteiger partial charge in [-0.15, -0.1) is 17.5 Å². The first-order valence-electron chi connectivity index (χ1n) is 7.96. The Bertz CT molecular complexity index is 631. The van der Waals surface area contributed by atoms with E-state index in [4.69, 9.17) is 14.9 Å². The molecule has 0 bridgehead atoms. The summed E-state index contributed by atoms with van der Waals surface area (Å²) < 4.78 is 10.7. The van der Waals surface area contributed by atoms with Crippen LogP contribution in [0, 0.1) is 0 Å². The minimum atomic E-state index is -0.624. The van der Waals surface area contributed by atoms with Gasteiger partial charge >= 0.3 is 0 Å². The van der Waals surface area contributed by atoms with Crippen LogP contribution in [0.1, 0.15) is 19.1 Å². The van der Waals surface area contributed by atoms with Crippen molar-refractivity contribution in [2.75, 3.05) is 32.8 Å². The molecule has 0 aliphatic carbocycles. The lowest BCUT2D eigenvalue weighted by Crippen LogP contribution is -2.45. The average Bonchev–Trinajstić information content (AvgIpc) is 3.20. The summed E-state index contributed by atoms with van der Waals surface area (Å²) in [7, 11) is 0. The monoisotopic (exact) mass is 386 g/mol. The SMILES string of the molecule is CC(=O)N1N=C(N)SC1(C=Cc1ccco1)CCN1CCOCC1.Cl. The molecule has 1 aromatic rings. The Balaban J connectivity index is 0.00000225. The minimum Gasteiger partial charge on any atom is -0.465 e. The van der Waals surface area contributed by atoms with E-state index in [2.05, 4.69) is 10.0 Å². The Kier molecular flexibility index (Phi) is 6.95. The van der Waals surface area contributed by atoms with Crippen LogP contribution in [0.2, 0.25) is 0 Å². The minimum absolute atomic E-state index is 0. The van der Waals surface area contributed by atoms with E-state index in [1.165, 1.54) is 23.7 Å². The number of amidine groups is 1. The Morgan fingerprint density at radius 2 is 2.24 bits per heavy atom. The van der Waals surface area contributed by atoms with Gasteiger partial charge in [-0.25, -0.2) is 5.01 Å². The van der Waals surface area contributed by atoms with E-state index in [-0.39, 0.29) is 18.3 Å². The number of ether oxygens (including phenoxy) is 1. The highest BCUT2D eigenvalue weighted by molar-refractivity contribution is 8.15. The van der Waals surface area contributed by atoms with Crippen LogP contribution in [0.5, 0.6) is 0 Å². The fourth-order valence-electron chi connectivity index (χ4n) is 2.85. The molecular weight excluding hydrogens is 364 g/mol. The molecular formula is C16H23ClN4O3S. The molecule has 1 saturated heterocycles. The maximum atomic E-state index is 12.1. The predicted octanol–water partition coefficient (Wildman–Crippen LogP) is 1.96. The summed E-state index contributed by atoms with van der Waals surface area (Å²) in [6, 6.07) is 3.70. The van der Waals surface area contributed by atoms with Gasteiger partial charge in [0.25, 0.3) is 0 Å². The van der Waals surface area contributed by atoms with Crippen molar-refractivity contribution in [2.24, 2.45) is 10.8 Å². The number of carbonyl (C=O) groups excluding carboxylic acids is 1. The summed E-state index contributed by atoms with van der Waals surface area (Å²) >= 11 is 1.41. The topological polar surface area (TPSA) is 84.3 Å². The lowest BCUT2D eigenvalue weighted by atomic mass is 10.1. The first-order chi connectivity index (χ1) is 11.6. The smallest absolute Gasteiger partial charge is 0.241 e. The second-order valence-electron chi connectivity index (χ2n) is 5.77. The molecule has 138 valence electrons. The molecule has 3 heterocycles. The number of nitrogens with zero attached hydrogens (tertiary/aromatic N) is 3. The van der Waals surface area contributed by atoms with Crippen molar-refractivity contribution < 1.29 is 13.9 Å². The zero-order chi connectivity index (χ0) is 17.0. The fraction of sp³-hybridized carbons (Fsp3) is 0.500. The zero-order valence-electron chi connectivity index (χ0n) is 14.1. The van der Waals surface area contributed by atoms with E-state index in [1.807, 2.05) is 24.3 Å². The quantitative estimate of drug-likeness (QED) is 0.832. The average molecular weight is 387 g/mol. The number of furan rings is 1. The Morgan fingerprint density at radius 3 is 2.88 bits per heavy atom. The lowest BCUT2D eigenvalue weighted by Gasteiger charge is -2.35. The summed E-state index contributed by atoms with van der Waals surface area (Å²) in [6.07, 6.45) is 6.17. The number of halogens is 1. The van der Waals surface area contributed by atoms with E-state index >= 15 is 0 Å². The molecule has 1 unspecified atom stereocenters. The first kappa shape index (κ1) is 19.8. The molecule has 9 heteroatoms. The Morgan fingerprint density at radius 1 is 1.48 bits per heavy atom. The van der Waals surface area contributed by atoms with Gasteiger partial charge in [0.15, 0.2) is 5.17 Å². The molecule has 1 fully saturated rings. The number of nitrogens with two attached hydrogens (primary N) is 1. The number of hydrogen-bond acceptors (Lipinski definition) is 7. The number of hydrogen-bond donors (Lipinski definition) is 1. The summed E-state index contributed by atoms with van der Waals surface area (Å²) in [5.41, 5.74) is 5.92. The predicted molar refractivity (Wildman–Crippen MR) is 101 cm³/mol. The third-order valence-electron chi connectivity index (χ3n) is 4.08. The van der Waals surface area contributed by atoms with Crippen LogP contribution in [-0.4, -0.2) is 58.7 Å². The van der Waals surface area contributed by atoms with E-state index in [0.29, 0.717) is 5.17 Å². The van der Waals surface area contributed by atoms with Gasteiger partial charge in [-0.1, -0.05) is 11.8 Å². The molecule has 1 amide bonds. The Hall–Kier alpha value is -1.48. The van der Waals surface area contributed by atoms with Gasteiger partial charge in [-0.2, -0.15) is 0 Å². The van der Waals surface area contributed by atoms with Crippen molar-refractivity contribution in [2.45, 2.75) is 18.2 Å². The van der Waals surface area contributed by atoms with Crippen LogP contribution in [0.4, 0.5) is 0 Å². The largest absolute Gasteiger partial charge is 0.465 e. The van der Waals surface area contributed by atoms with Gasteiger partial charge in [0.1, 0.15) is 10.6 Å². The molecule has 0 saturated carbocycles. The highest BCUT2D eigenvalue weighted by Crippen LogP contribution is 2.41. The van der Waals surface area contributed by atoms with Crippen molar-refractivity contribution >= 4 is 41.3 Å². The maximum absolute atomic E-state index is 12.1. The highest BCUT2D eigenvalue weighted by Gasteiger charge is 2.43. The van der Waals surface area contributed by atoms with Gasteiger partial charge in [0.2, 0.25) is 5.91 Å². The van der Waals surface area contributed by atoms with Crippen LogP contribution in [0.15, 0.2) is 34.0 Å². The molecule has 0 radical (unpaired) electrons. The molecule has 2 aliphatic heterocycles. The van der Waals surface area contributed by atoms with E-state index < -0.39 is 4.87 Å². The highest BCUT2D eigenvalue weighted by atomic mass is 35.5. The molecule has 25 heavy (non-hydrogen) atoms. The zero-order valence-corrected chi connectivity index (χ0v) is 15.7. The second kappa shape index (κ2) is 8.75. The third kappa shape index (κ3) is 4.78. The first-order valence-corrected chi connectivity index (χ1v) is 8.77. The van der Waals surface area contributed by atoms with Crippen molar-refractivity contribution in [3.05, 3.63) is 30.2 Å². The van der Waals surface area contributed by atoms with E-state index in [9.17, 15) is 4.79 Å². The van der Waals surface area contributed by atoms with Crippen LogP contribution in [0.25, 0.3) is 6.08 Å². The fourth-order valence-corrected chi connectivity index (χ4v) is 3.92. The van der Waals surface area contributed by atoms with E-state index in [0.717, 1.165) is 45.0 Å². The van der Waals surface area contributed by atoms with Crippen LogP contribution < -0.4 is 5.73 Å². The van der Waals surface area contributed by atoms with Crippen molar-refractivity contribution in [3.8, 4) is 0 Å². The van der Waals surface area contributed by atoms with Gasteiger partial charge in [-0.05, 0) is 30.7 Å². The van der Waals surface area contributed by atoms with Gasteiger partial charge in [-0.3, -0.25) is 9.69 Å². The Labute approximate surface area is 157 Å². The molecule has 2 aliphatic rings. The maximum Gasteiger partial charge on any atom is 0.241 e. The summed E-state index contributed by atoms with van der Waals surface area (Å²) in [6.45, 7) is 5.64. The van der Waals surface area contributed by atoms with Crippen molar-refractivity contribution in [1.29, 1.82) is 0 Å².